The van der Waals surface area contributed by atoms with Gasteiger partial charge < -0.3 is 4.79 Å². The number of carbonyl (C=O) groups excluding carboxylic acids is 1. The molecule has 17 heavy (non-hydrogen) atoms. The van der Waals surface area contributed by atoms with E-state index < -0.39 is 0 Å². The second kappa shape index (κ2) is 4.91. The minimum Gasteiger partial charge on any atom is -0.300 e. The van der Waals surface area contributed by atoms with E-state index in [2.05, 4.69) is 5.10 Å². The molecule has 1 aromatic carbocycles. The average molecular weight is 230 g/mol. The van der Waals surface area contributed by atoms with Crippen molar-refractivity contribution in [2.45, 2.75) is 26.3 Å². The molecule has 0 N–H and O–H groups in total. The Bertz CT molecular complexity index is 602. The summed E-state index contributed by atoms with van der Waals surface area (Å²) in [6, 6.07) is 7.37. The number of aryl methyl sites for hydroxylation is 1. The molecule has 0 radical (unpaired) electrons. The molecule has 2 aromatic rings. The lowest BCUT2D eigenvalue weighted by Crippen LogP contribution is -2.23. The maximum Gasteiger partial charge on any atom is 0.274 e. The number of Topliss-reactive ketones (excluding diaryl/α,β-unsaturated/α-hetero) is 1. The van der Waals surface area contributed by atoms with Gasteiger partial charge in [0.05, 0.1) is 11.6 Å². The summed E-state index contributed by atoms with van der Waals surface area (Å²) in [6.07, 6.45) is 2.83. The van der Waals surface area contributed by atoms with Crippen LogP contribution in [0.25, 0.3) is 10.8 Å². The number of benzene rings is 1. The van der Waals surface area contributed by atoms with Crippen LogP contribution in [-0.2, 0) is 11.3 Å². The van der Waals surface area contributed by atoms with Crippen LogP contribution in [0.2, 0.25) is 0 Å². The summed E-state index contributed by atoms with van der Waals surface area (Å²) in [5, 5.41) is 5.62. The summed E-state index contributed by atoms with van der Waals surface area (Å²) < 4.78 is 1.42. The fourth-order valence-corrected chi connectivity index (χ4v) is 1.76. The highest BCUT2D eigenvalue weighted by molar-refractivity contribution is 5.80. The number of hydrogen-bond acceptors (Lipinski definition) is 3. The van der Waals surface area contributed by atoms with E-state index >= 15 is 0 Å². The molecule has 0 aliphatic rings. The van der Waals surface area contributed by atoms with Crippen molar-refractivity contribution >= 4 is 16.6 Å². The van der Waals surface area contributed by atoms with Crippen LogP contribution in [-0.4, -0.2) is 15.6 Å². The molecular formula is C13H14N2O2. The Labute approximate surface area is 98.9 Å². The Hall–Kier alpha value is -1.97. The molecule has 0 unspecified atom stereocenters. The molecule has 0 atom stereocenters. The Morgan fingerprint density at radius 1 is 1.35 bits per heavy atom. The summed E-state index contributed by atoms with van der Waals surface area (Å²) >= 11 is 0. The molecule has 0 aliphatic heterocycles. The van der Waals surface area contributed by atoms with Gasteiger partial charge in [-0.05, 0) is 19.4 Å². The van der Waals surface area contributed by atoms with E-state index in [4.69, 9.17) is 0 Å². The first kappa shape index (κ1) is 11.5. The first-order chi connectivity index (χ1) is 8.18. The first-order valence-corrected chi connectivity index (χ1v) is 5.63. The highest BCUT2D eigenvalue weighted by atomic mass is 16.1. The predicted molar refractivity (Wildman–Crippen MR) is 65.9 cm³/mol. The van der Waals surface area contributed by atoms with Crippen LogP contribution >= 0.6 is 0 Å². The molecule has 4 heteroatoms. The van der Waals surface area contributed by atoms with Crippen molar-refractivity contribution in [2.24, 2.45) is 0 Å². The smallest absolute Gasteiger partial charge is 0.274 e. The van der Waals surface area contributed by atoms with Gasteiger partial charge in [-0.15, -0.1) is 0 Å². The summed E-state index contributed by atoms with van der Waals surface area (Å²) in [7, 11) is 0. The molecule has 0 spiro atoms. The molecule has 0 bridgehead atoms. The Morgan fingerprint density at radius 2 is 2.12 bits per heavy atom. The van der Waals surface area contributed by atoms with Crippen LogP contribution in [0, 0.1) is 0 Å². The van der Waals surface area contributed by atoms with Crippen molar-refractivity contribution in [2.75, 3.05) is 0 Å². The van der Waals surface area contributed by atoms with Crippen LogP contribution in [0.3, 0.4) is 0 Å². The zero-order chi connectivity index (χ0) is 12.3. The number of ketones is 1. The van der Waals surface area contributed by atoms with E-state index in [9.17, 15) is 9.59 Å². The first-order valence-electron chi connectivity index (χ1n) is 5.63. The molecule has 0 amide bonds. The molecule has 2 rings (SSSR count). The van der Waals surface area contributed by atoms with Crippen LogP contribution in [0.15, 0.2) is 35.3 Å². The van der Waals surface area contributed by atoms with E-state index in [1.54, 1.807) is 19.2 Å². The van der Waals surface area contributed by atoms with E-state index in [0.717, 1.165) is 5.39 Å². The largest absolute Gasteiger partial charge is 0.300 e. The molecule has 0 saturated carbocycles. The normalized spacial score (nSPS) is 10.6. The number of aromatic nitrogens is 2. The minimum atomic E-state index is -0.0911. The van der Waals surface area contributed by atoms with Crippen molar-refractivity contribution < 1.29 is 4.79 Å². The van der Waals surface area contributed by atoms with Crippen LogP contribution in [0.4, 0.5) is 0 Å². The Morgan fingerprint density at radius 3 is 2.88 bits per heavy atom. The average Bonchev–Trinajstić information content (AvgIpc) is 2.32. The lowest BCUT2D eigenvalue weighted by Gasteiger charge is -2.04. The van der Waals surface area contributed by atoms with Gasteiger partial charge in [0.2, 0.25) is 0 Å². The number of nitrogens with zero attached hydrogens (tertiary/aromatic N) is 2. The fraction of sp³-hybridized carbons (Fsp3) is 0.308. The SMILES string of the molecule is CC(=O)CCCn1ncc2ccccc2c1=O. The lowest BCUT2D eigenvalue weighted by molar-refractivity contribution is -0.117. The third-order valence-corrected chi connectivity index (χ3v) is 2.66. The van der Waals surface area contributed by atoms with Gasteiger partial charge in [0.25, 0.3) is 5.56 Å². The quantitative estimate of drug-likeness (QED) is 0.804. The van der Waals surface area contributed by atoms with Gasteiger partial charge in [0, 0.05) is 18.4 Å². The van der Waals surface area contributed by atoms with Crippen molar-refractivity contribution in [1.29, 1.82) is 0 Å². The molecule has 4 nitrogen and oxygen atoms in total. The summed E-state index contributed by atoms with van der Waals surface area (Å²) in [4.78, 5) is 22.8. The van der Waals surface area contributed by atoms with Crippen molar-refractivity contribution in [3.63, 3.8) is 0 Å². The standard InChI is InChI=1S/C13H14N2O2/c1-10(16)5-4-8-15-13(17)12-7-3-2-6-11(12)9-14-15/h2-3,6-7,9H,4-5,8H2,1H3. The van der Waals surface area contributed by atoms with Crippen molar-refractivity contribution in [3.8, 4) is 0 Å². The van der Waals surface area contributed by atoms with Gasteiger partial charge in [-0.2, -0.15) is 5.10 Å². The van der Waals surface area contributed by atoms with Crippen molar-refractivity contribution in [3.05, 3.63) is 40.8 Å². The molecule has 88 valence electrons. The third kappa shape index (κ3) is 2.58. The molecule has 0 aliphatic carbocycles. The second-order valence-corrected chi connectivity index (χ2v) is 4.07. The summed E-state index contributed by atoms with van der Waals surface area (Å²) in [5.74, 6) is 0.138. The number of rotatable bonds is 4. The molecule has 0 fully saturated rings. The Kier molecular flexibility index (Phi) is 3.32. The zero-order valence-corrected chi connectivity index (χ0v) is 9.72. The van der Waals surface area contributed by atoms with E-state index in [0.29, 0.717) is 24.8 Å². The van der Waals surface area contributed by atoms with Crippen molar-refractivity contribution in [1.82, 2.24) is 9.78 Å². The number of hydrogen-bond donors (Lipinski definition) is 0. The van der Waals surface area contributed by atoms with E-state index in [1.165, 1.54) is 4.68 Å². The van der Waals surface area contributed by atoms with Gasteiger partial charge in [-0.1, -0.05) is 18.2 Å². The van der Waals surface area contributed by atoms with E-state index in [1.807, 2.05) is 18.2 Å². The highest BCUT2D eigenvalue weighted by Gasteiger charge is 2.03. The predicted octanol–water partition coefficient (Wildman–Crippen LogP) is 1.77. The summed E-state index contributed by atoms with van der Waals surface area (Å²) in [5.41, 5.74) is -0.0911. The van der Waals surface area contributed by atoms with E-state index in [-0.39, 0.29) is 11.3 Å². The topological polar surface area (TPSA) is 52.0 Å². The molecule has 1 heterocycles. The number of fused-ring (bicyclic) bond motifs is 1. The Balaban J connectivity index is 2.27. The van der Waals surface area contributed by atoms with Gasteiger partial charge in [0.1, 0.15) is 5.78 Å². The maximum absolute atomic E-state index is 12.0. The lowest BCUT2D eigenvalue weighted by atomic mass is 10.2. The molecule has 1 aromatic heterocycles. The zero-order valence-electron chi connectivity index (χ0n) is 9.72. The monoisotopic (exact) mass is 230 g/mol. The van der Waals surface area contributed by atoms with Gasteiger partial charge in [0.15, 0.2) is 0 Å². The third-order valence-electron chi connectivity index (χ3n) is 2.66. The fourth-order valence-electron chi connectivity index (χ4n) is 1.76. The number of carbonyl (C=O) groups is 1. The maximum atomic E-state index is 12.0. The van der Waals surface area contributed by atoms with Gasteiger partial charge in [-0.25, -0.2) is 4.68 Å². The molecule has 0 saturated heterocycles. The van der Waals surface area contributed by atoms with Crippen LogP contribution < -0.4 is 5.56 Å². The summed E-state index contributed by atoms with van der Waals surface area (Å²) in [6.45, 7) is 2.04. The second-order valence-electron chi connectivity index (χ2n) is 4.07. The van der Waals surface area contributed by atoms with Crippen LogP contribution in [0.5, 0.6) is 0 Å². The van der Waals surface area contributed by atoms with Gasteiger partial charge in [-0.3, -0.25) is 4.79 Å². The van der Waals surface area contributed by atoms with Gasteiger partial charge >= 0.3 is 0 Å². The van der Waals surface area contributed by atoms with Crippen LogP contribution in [0.1, 0.15) is 19.8 Å². The molecular weight excluding hydrogens is 216 g/mol. The minimum absolute atomic E-state index is 0.0911. The highest BCUT2D eigenvalue weighted by Crippen LogP contribution is 2.06.